The van der Waals surface area contributed by atoms with Gasteiger partial charge in [0.05, 0.1) is 30.1 Å². The van der Waals surface area contributed by atoms with Crippen molar-refractivity contribution in [2.24, 2.45) is 11.8 Å². The van der Waals surface area contributed by atoms with Crippen molar-refractivity contribution in [3.8, 4) is 0 Å². The molecule has 3 fully saturated rings. The topological polar surface area (TPSA) is 108 Å². The molecule has 0 aliphatic carbocycles. The molecule has 3 aliphatic heterocycles. The maximum atomic E-state index is 13.5. The number of aliphatic hydroxyl groups excluding tert-OH is 1. The van der Waals surface area contributed by atoms with Crippen LogP contribution in [0.15, 0.2) is 0 Å². The molecule has 28 heavy (non-hydrogen) atoms. The van der Waals surface area contributed by atoms with E-state index in [1.54, 1.807) is 7.05 Å². The van der Waals surface area contributed by atoms with Gasteiger partial charge in [-0.05, 0) is 32.6 Å². The Morgan fingerprint density at radius 1 is 1.32 bits per heavy atom. The van der Waals surface area contributed by atoms with Gasteiger partial charge in [-0.15, -0.1) is 0 Å². The molecule has 3 N–H and O–H groups in total. The van der Waals surface area contributed by atoms with Gasteiger partial charge < -0.3 is 25.4 Å². The van der Waals surface area contributed by atoms with E-state index >= 15 is 0 Å². The first kappa shape index (κ1) is 21.0. The molecule has 0 aromatic carbocycles. The number of carbonyl (C=O) groups excluding carboxylic acids is 3. The zero-order valence-electron chi connectivity index (χ0n) is 17.3. The third-order valence-electron chi connectivity index (χ3n) is 6.90. The third kappa shape index (κ3) is 2.84. The van der Waals surface area contributed by atoms with E-state index in [0.29, 0.717) is 25.8 Å². The van der Waals surface area contributed by atoms with E-state index in [0.717, 1.165) is 12.8 Å². The van der Waals surface area contributed by atoms with Gasteiger partial charge in [-0.1, -0.05) is 20.3 Å². The van der Waals surface area contributed by atoms with Gasteiger partial charge in [-0.3, -0.25) is 14.4 Å². The number of nitrogens with one attached hydrogen (secondary N) is 2. The van der Waals surface area contributed by atoms with E-state index in [1.807, 2.05) is 20.8 Å². The van der Waals surface area contributed by atoms with E-state index < -0.39 is 35.1 Å². The summed E-state index contributed by atoms with van der Waals surface area (Å²) < 4.78 is 6.42. The van der Waals surface area contributed by atoms with Crippen LogP contribution < -0.4 is 10.6 Å². The maximum Gasteiger partial charge on any atom is 0.245 e. The second-order valence-electron chi connectivity index (χ2n) is 8.48. The van der Waals surface area contributed by atoms with Crippen LogP contribution in [0, 0.1) is 11.8 Å². The summed E-state index contributed by atoms with van der Waals surface area (Å²) in [7, 11) is 1.55. The van der Waals surface area contributed by atoms with E-state index in [2.05, 4.69) is 10.6 Å². The molecule has 0 aromatic heterocycles. The first-order valence-electron chi connectivity index (χ1n) is 10.4. The highest BCUT2D eigenvalue weighted by Gasteiger charge is 2.78. The van der Waals surface area contributed by atoms with Crippen molar-refractivity contribution >= 4 is 17.7 Å². The van der Waals surface area contributed by atoms with Crippen molar-refractivity contribution in [2.45, 2.75) is 76.2 Å². The fraction of sp³-hybridized carbons (Fsp3) is 0.850. The van der Waals surface area contributed by atoms with Gasteiger partial charge in [0.2, 0.25) is 17.7 Å². The predicted octanol–water partition coefficient (Wildman–Crippen LogP) is 0.184. The average Bonchev–Trinajstić information content (AvgIpc) is 3.24. The molecule has 2 unspecified atom stereocenters. The lowest BCUT2D eigenvalue weighted by Gasteiger charge is -2.36. The van der Waals surface area contributed by atoms with Gasteiger partial charge >= 0.3 is 0 Å². The van der Waals surface area contributed by atoms with Crippen LogP contribution in [-0.2, 0) is 19.1 Å². The number of likely N-dealkylation sites (tertiary alicyclic amines) is 1. The number of hydrogen-bond acceptors (Lipinski definition) is 5. The third-order valence-corrected chi connectivity index (χ3v) is 6.90. The molecule has 3 amide bonds. The van der Waals surface area contributed by atoms with Crippen LogP contribution in [0.2, 0.25) is 0 Å². The molecule has 2 bridgehead atoms. The number of carbonyl (C=O) groups is 3. The summed E-state index contributed by atoms with van der Waals surface area (Å²) in [5.41, 5.74) is -1.77. The lowest BCUT2D eigenvalue weighted by atomic mass is 9.66. The second kappa shape index (κ2) is 7.63. The van der Waals surface area contributed by atoms with Crippen molar-refractivity contribution < 1.29 is 24.2 Å². The summed E-state index contributed by atoms with van der Waals surface area (Å²) in [5.74, 6) is -2.07. The monoisotopic (exact) mass is 395 g/mol. The molecule has 0 saturated carbocycles. The maximum absolute atomic E-state index is 13.5. The van der Waals surface area contributed by atoms with Crippen LogP contribution in [0.1, 0.15) is 52.9 Å². The van der Waals surface area contributed by atoms with Gasteiger partial charge in [0.25, 0.3) is 0 Å². The minimum atomic E-state index is -1.01. The number of aliphatic hydroxyl groups is 1. The number of fused-ring (bicyclic) bond motifs is 1. The molecule has 3 rings (SSSR count). The molecular formula is C20H33N3O5. The molecular weight excluding hydrogens is 362 g/mol. The van der Waals surface area contributed by atoms with E-state index in [9.17, 15) is 19.5 Å². The van der Waals surface area contributed by atoms with Crippen LogP contribution in [-0.4, -0.2) is 71.2 Å². The standard InChI is InChI=1S/C20H33N3O5/c1-5-7-10-22-17(26)15-20-9-8-19(3,28-20)13(16(25)21-4)14(20)18(27)23(15)12(6-2)11-24/h12-15,24H,5-11H2,1-4H3,(H,21,25)(H,22,26)/t12-,13+,14-,15?,19-,20?/m0/s1. The first-order valence-corrected chi connectivity index (χ1v) is 10.4. The number of amides is 3. The zero-order valence-corrected chi connectivity index (χ0v) is 17.3. The highest BCUT2D eigenvalue weighted by atomic mass is 16.5. The van der Waals surface area contributed by atoms with Crippen molar-refractivity contribution in [1.29, 1.82) is 0 Å². The fourth-order valence-electron chi connectivity index (χ4n) is 5.51. The van der Waals surface area contributed by atoms with Crippen LogP contribution in [0.25, 0.3) is 0 Å². The molecule has 0 radical (unpaired) electrons. The lowest BCUT2D eigenvalue weighted by Crippen LogP contribution is -2.58. The quantitative estimate of drug-likeness (QED) is 0.508. The fourth-order valence-corrected chi connectivity index (χ4v) is 5.51. The predicted molar refractivity (Wildman–Crippen MR) is 102 cm³/mol. The molecule has 8 heteroatoms. The second-order valence-corrected chi connectivity index (χ2v) is 8.48. The van der Waals surface area contributed by atoms with Crippen molar-refractivity contribution in [1.82, 2.24) is 15.5 Å². The Labute approximate surface area is 166 Å². The molecule has 8 nitrogen and oxygen atoms in total. The summed E-state index contributed by atoms with van der Waals surface area (Å²) in [4.78, 5) is 40.9. The Balaban J connectivity index is 2.03. The molecule has 158 valence electrons. The largest absolute Gasteiger partial charge is 0.394 e. The Hall–Kier alpha value is -1.67. The van der Waals surface area contributed by atoms with Gasteiger partial charge in [0.15, 0.2) is 0 Å². The van der Waals surface area contributed by atoms with Crippen molar-refractivity contribution in [2.75, 3.05) is 20.2 Å². The van der Waals surface area contributed by atoms with Crippen molar-refractivity contribution in [3.05, 3.63) is 0 Å². The Morgan fingerprint density at radius 3 is 2.61 bits per heavy atom. The number of hydrogen-bond donors (Lipinski definition) is 3. The summed E-state index contributed by atoms with van der Waals surface area (Å²) in [5, 5.41) is 15.5. The summed E-state index contributed by atoms with van der Waals surface area (Å²) in [6.07, 6.45) is 3.49. The molecule has 1 spiro atoms. The first-order chi connectivity index (χ1) is 13.3. The summed E-state index contributed by atoms with van der Waals surface area (Å²) >= 11 is 0. The highest BCUT2D eigenvalue weighted by Crippen LogP contribution is 2.63. The zero-order chi connectivity index (χ0) is 20.7. The number of rotatable bonds is 8. The smallest absolute Gasteiger partial charge is 0.245 e. The number of nitrogens with zero attached hydrogens (tertiary/aromatic N) is 1. The number of ether oxygens (including phenoxy) is 1. The minimum Gasteiger partial charge on any atom is -0.394 e. The van der Waals surface area contributed by atoms with E-state index in [-0.39, 0.29) is 24.3 Å². The summed E-state index contributed by atoms with van der Waals surface area (Å²) in [6.45, 7) is 6.09. The van der Waals surface area contributed by atoms with Gasteiger partial charge in [0.1, 0.15) is 11.6 Å². The Bertz CT molecular complexity index is 652. The van der Waals surface area contributed by atoms with Crippen LogP contribution >= 0.6 is 0 Å². The van der Waals surface area contributed by atoms with Crippen LogP contribution in [0.4, 0.5) is 0 Å². The lowest BCUT2D eigenvalue weighted by molar-refractivity contribution is -0.149. The molecule has 6 atom stereocenters. The molecule has 3 aliphatic rings. The summed E-state index contributed by atoms with van der Waals surface area (Å²) in [6, 6.07) is -1.30. The normalized spacial score (nSPS) is 37.1. The minimum absolute atomic E-state index is 0.230. The van der Waals surface area contributed by atoms with Crippen LogP contribution in [0.3, 0.4) is 0 Å². The Morgan fingerprint density at radius 2 is 2.04 bits per heavy atom. The molecule has 3 saturated heterocycles. The van der Waals surface area contributed by atoms with Crippen LogP contribution in [0.5, 0.6) is 0 Å². The average molecular weight is 396 g/mol. The highest BCUT2D eigenvalue weighted by molar-refractivity contribution is 5.99. The van der Waals surface area contributed by atoms with Gasteiger partial charge in [-0.25, -0.2) is 0 Å². The van der Waals surface area contributed by atoms with E-state index in [1.165, 1.54) is 4.90 Å². The van der Waals surface area contributed by atoms with E-state index in [4.69, 9.17) is 4.74 Å². The van der Waals surface area contributed by atoms with Gasteiger partial charge in [0, 0.05) is 13.6 Å². The SMILES string of the molecule is CCCCNC(=O)C1N([C@@H](CC)CO)C(=O)[C@@H]2[C@H](C(=O)NC)[C@]3(C)CCC12O3. The number of unbranched alkanes of at least 4 members (excludes halogenated alkanes) is 1. The van der Waals surface area contributed by atoms with Crippen molar-refractivity contribution in [3.63, 3.8) is 0 Å². The molecule has 3 heterocycles. The Kier molecular flexibility index (Phi) is 5.74. The molecule has 0 aromatic rings. The van der Waals surface area contributed by atoms with Gasteiger partial charge in [-0.2, -0.15) is 0 Å².